The number of esters is 1. The van der Waals surface area contributed by atoms with Crippen molar-refractivity contribution in [3.8, 4) is 5.75 Å². The van der Waals surface area contributed by atoms with Crippen molar-refractivity contribution in [1.29, 1.82) is 0 Å². The van der Waals surface area contributed by atoms with Crippen LogP contribution in [0.25, 0.3) is 10.9 Å². The molecule has 0 amide bonds. The van der Waals surface area contributed by atoms with Gasteiger partial charge in [-0.25, -0.2) is 0 Å². The minimum atomic E-state index is -0.194. The summed E-state index contributed by atoms with van der Waals surface area (Å²) in [7, 11) is 0. The van der Waals surface area contributed by atoms with E-state index in [1.165, 1.54) is 5.56 Å². The van der Waals surface area contributed by atoms with Crippen molar-refractivity contribution in [1.82, 2.24) is 4.57 Å². The molecule has 0 aliphatic carbocycles. The Hall–Kier alpha value is -3.86. The van der Waals surface area contributed by atoms with Gasteiger partial charge in [-0.05, 0) is 74.1 Å². The van der Waals surface area contributed by atoms with Crippen LogP contribution in [0.5, 0.6) is 5.75 Å². The Morgan fingerprint density at radius 3 is 2.29 bits per heavy atom. The van der Waals surface area contributed by atoms with Crippen LogP contribution in [0.15, 0.2) is 79.0 Å². The molecule has 0 aliphatic heterocycles. The number of carbonyl (C=O) groups excluding carboxylic acids is 2. The average molecular weight is 512 g/mol. The molecule has 4 aromatic rings. The van der Waals surface area contributed by atoms with Crippen LogP contribution in [0.3, 0.4) is 0 Å². The van der Waals surface area contributed by atoms with Crippen LogP contribution in [0.1, 0.15) is 73.7 Å². The molecule has 5 heteroatoms. The molecule has 0 saturated heterocycles. The van der Waals surface area contributed by atoms with Gasteiger partial charge in [-0.1, -0.05) is 56.3 Å². The number of carbonyl (C=O) groups is 2. The van der Waals surface area contributed by atoms with E-state index < -0.39 is 0 Å². The van der Waals surface area contributed by atoms with E-state index in [1.54, 1.807) is 6.92 Å². The molecular weight excluding hydrogens is 474 g/mol. The lowest BCUT2D eigenvalue weighted by molar-refractivity contribution is -0.143. The monoisotopic (exact) mass is 511 g/mol. The third-order valence-electron chi connectivity index (χ3n) is 6.64. The van der Waals surface area contributed by atoms with Crippen molar-refractivity contribution in [3.63, 3.8) is 0 Å². The number of aryl methyl sites for hydroxylation is 1. The van der Waals surface area contributed by atoms with Crippen LogP contribution in [-0.4, -0.2) is 22.9 Å². The van der Waals surface area contributed by atoms with Crippen LogP contribution in [-0.2, 0) is 22.5 Å². The molecule has 0 spiro atoms. The molecule has 4 rings (SSSR count). The summed E-state index contributed by atoms with van der Waals surface area (Å²) < 4.78 is 13.2. The Kier molecular flexibility index (Phi) is 9.01. The first-order valence-corrected chi connectivity index (χ1v) is 13.5. The number of nitrogens with zero attached hydrogens (tertiary/aromatic N) is 1. The minimum Gasteiger partial charge on any atom is -0.486 e. The van der Waals surface area contributed by atoms with Crippen LogP contribution >= 0.6 is 0 Å². The molecule has 1 heterocycles. The molecule has 0 fully saturated rings. The van der Waals surface area contributed by atoms with Crippen molar-refractivity contribution < 1.29 is 19.1 Å². The van der Waals surface area contributed by atoms with E-state index in [0.29, 0.717) is 43.0 Å². The summed E-state index contributed by atoms with van der Waals surface area (Å²) in [5.74, 6) is 1.12. The summed E-state index contributed by atoms with van der Waals surface area (Å²) >= 11 is 0. The van der Waals surface area contributed by atoms with E-state index >= 15 is 0 Å². The molecule has 3 aromatic carbocycles. The molecule has 198 valence electrons. The smallest absolute Gasteiger partial charge is 0.305 e. The predicted octanol–water partition coefficient (Wildman–Crippen LogP) is 7.55. The van der Waals surface area contributed by atoms with Gasteiger partial charge >= 0.3 is 5.97 Å². The third kappa shape index (κ3) is 6.71. The summed E-state index contributed by atoms with van der Waals surface area (Å²) in [6.45, 7) is 9.31. The summed E-state index contributed by atoms with van der Waals surface area (Å²) in [4.78, 5) is 25.2. The standard InChI is InChI=1S/C33H37NO4/c1-5-37-32(35)11-8-20-34-22-30(29-9-6-7-10-31(29)34)33(36)27-16-18-28(19-17-27)38-24(4)26-14-12-25(13-15-26)21-23(2)3/h6-7,9-10,12-19,22-24H,5,8,11,20-21H2,1-4H3/t24-/m1/s1. The highest BCUT2D eigenvalue weighted by Gasteiger charge is 2.17. The SMILES string of the molecule is CCOC(=O)CCCn1cc(C(=O)c2ccc(O[C@H](C)c3ccc(CC(C)C)cc3)cc2)c2ccccc21. The Balaban J connectivity index is 1.44. The lowest BCUT2D eigenvalue weighted by atomic mass is 10.0. The highest BCUT2D eigenvalue weighted by Crippen LogP contribution is 2.27. The van der Waals surface area contributed by atoms with Crippen molar-refractivity contribution in [2.45, 2.75) is 59.6 Å². The summed E-state index contributed by atoms with van der Waals surface area (Å²) in [6.07, 6.45) is 3.86. The second-order valence-electron chi connectivity index (χ2n) is 10.1. The van der Waals surface area contributed by atoms with E-state index in [4.69, 9.17) is 9.47 Å². The van der Waals surface area contributed by atoms with Gasteiger partial charge in [0.2, 0.25) is 0 Å². The minimum absolute atomic E-state index is 0.0364. The van der Waals surface area contributed by atoms with Gasteiger partial charge in [0.1, 0.15) is 11.9 Å². The zero-order valence-electron chi connectivity index (χ0n) is 22.8. The first-order chi connectivity index (χ1) is 18.4. The van der Waals surface area contributed by atoms with Gasteiger partial charge in [0.05, 0.1) is 6.61 Å². The summed E-state index contributed by atoms with van der Waals surface area (Å²) in [6, 6.07) is 23.8. The number of benzene rings is 3. The quantitative estimate of drug-likeness (QED) is 0.145. The second-order valence-corrected chi connectivity index (χ2v) is 10.1. The number of fused-ring (bicyclic) bond motifs is 1. The first-order valence-electron chi connectivity index (χ1n) is 13.5. The lowest BCUT2D eigenvalue weighted by Crippen LogP contribution is -2.06. The number of hydrogen-bond donors (Lipinski definition) is 0. The number of para-hydroxylation sites is 1. The third-order valence-corrected chi connectivity index (χ3v) is 6.64. The van der Waals surface area contributed by atoms with E-state index in [1.807, 2.05) is 66.2 Å². The fraction of sp³-hybridized carbons (Fsp3) is 0.333. The lowest BCUT2D eigenvalue weighted by Gasteiger charge is -2.16. The molecular formula is C33H37NO4. The topological polar surface area (TPSA) is 57.5 Å². The zero-order chi connectivity index (χ0) is 27.1. The maximum Gasteiger partial charge on any atom is 0.305 e. The number of rotatable bonds is 12. The molecule has 0 saturated carbocycles. The number of ketones is 1. The normalized spacial score (nSPS) is 12.0. The fourth-order valence-electron chi connectivity index (χ4n) is 4.75. The first kappa shape index (κ1) is 27.2. The maximum atomic E-state index is 13.5. The average Bonchev–Trinajstić information content (AvgIpc) is 3.27. The molecule has 1 aromatic heterocycles. The molecule has 0 bridgehead atoms. The van der Waals surface area contributed by atoms with Crippen molar-refractivity contribution in [2.75, 3.05) is 6.61 Å². The Labute approximate surface area is 225 Å². The Morgan fingerprint density at radius 1 is 0.895 bits per heavy atom. The van der Waals surface area contributed by atoms with Crippen LogP contribution in [0.2, 0.25) is 0 Å². The highest BCUT2D eigenvalue weighted by atomic mass is 16.5. The Bertz CT molecular complexity index is 1370. The van der Waals surface area contributed by atoms with Gasteiger partial charge < -0.3 is 14.0 Å². The molecule has 0 unspecified atom stereocenters. The van der Waals surface area contributed by atoms with Crippen molar-refractivity contribution in [2.24, 2.45) is 5.92 Å². The largest absolute Gasteiger partial charge is 0.486 e. The molecule has 0 N–H and O–H groups in total. The molecule has 0 aliphatic rings. The zero-order valence-corrected chi connectivity index (χ0v) is 22.8. The van der Waals surface area contributed by atoms with Crippen LogP contribution in [0, 0.1) is 5.92 Å². The van der Waals surface area contributed by atoms with Gasteiger partial charge in [-0.3, -0.25) is 9.59 Å². The van der Waals surface area contributed by atoms with Gasteiger partial charge in [-0.15, -0.1) is 0 Å². The number of aromatic nitrogens is 1. The number of hydrogen-bond acceptors (Lipinski definition) is 4. The summed E-state index contributed by atoms with van der Waals surface area (Å²) in [5.41, 5.74) is 4.69. The van der Waals surface area contributed by atoms with Gasteiger partial charge in [-0.2, -0.15) is 0 Å². The Morgan fingerprint density at radius 2 is 1.61 bits per heavy atom. The highest BCUT2D eigenvalue weighted by molar-refractivity contribution is 6.16. The molecule has 38 heavy (non-hydrogen) atoms. The molecule has 5 nitrogen and oxygen atoms in total. The molecule has 1 atom stereocenters. The van der Waals surface area contributed by atoms with Gasteiger partial charge in [0, 0.05) is 41.2 Å². The van der Waals surface area contributed by atoms with Crippen molar-refractivity contribution >= 4 is 22.7 Å². The van der Waals surface area contributed by atoms with Crippen LogP contribution in [0.4, 0.5) is 0 Å². The van der Waals surface area contributed by atoms with Gasteiger partial charge in [0.15, 0.2) is 5.78 Å². The van der Waals surface area contributed by atoms with E-state index in [-0.39, 0.29) is 17.9 Å². The fourth-order valence-corrected chi connectivity index (χ4v) is 4.75. The second kappa shape index (κ2) is 12.6. The number of ether oxygens (including phenoxy) is 2. The summed E-state index contributed by atoms with van der Waals surface area (Å²) in [5, 5.41) is 0.906. The van der Waals surface area contributed by atoms with E-state index in [9.17, 15) is 9.59 Å². The van der Waals surface area contributed by atoms with E-state index in [2.05, 4.69) is 38.1 Å². The predicted molar refractivity (Wildman–Crippen MR) is 152 cm³/mol. The maximum absolute atomic E-state index is 13.5. The van der Waals surface area contributed by atoms with Crippen LogP contribution < -0.4 is 4.74 Å². The van der Waals surface area contributed by atoms with E-state index in [0.717, 1.165) is 28.6 Å². The van der Waals surface area contributed by atoms with Gasteiger partial charge in [0.25, 0.3) is 0 Å². The van der Waals surface area contributed by atoms with Crippen molar-refractivity contribution in [3.05, 3.63) is 101 Å². The molecule has 0 radical (unpaired) electrons.